The zero-order chi connectivity index (χ0) is 22.2. The van der Waals surface area contributed by atoms with Crippen LogP contribution in [0.15, 0.2) is 24.3 Å². The lowest BCUT2D eigenvalue weighted by atomic mass is 10.1. The van der Waals surface area contributed by atoms with Crippen molar-refractivity contribution < 1.29 is 27.5 Å². The van der Waals surface area contributed by atoms with E-state index in [0.717, 1.165) is 31.4 Å². The van der Waals surface area contributed by atoms with Gasteiger partial charge in [-0.25, -0.2) is 0 Å². The minimum absolute atomic E-state index is 0.0114. The number of carbonyl (C=O) groups excluding carboxylic acids is 2. The molecule has 0 aromatic heterocycles. The zero-order valence-corrected chi connectivity index (χ0v) is 17.9. The molecule has 0 atom stereocenters. The summed E-state index contributed by atoms with van der Waals surface area (Å²) < 4.78 is 43.2. The van der Waals surface area contributed by atoms with E-state index in [1.807, 2.05) is 0 Å². The number of alkyl halides is 3. The van der Waals surface area contributed by atoms with Gasteiger partial charge in [0.2, 0.25) is 0 Å². The lowest BCUT2D eigenvalue weighted by molar-refractivity contribution is -0.143. The molecule has 0 bridgehead atoms. The lowest BCUT2D eigenvalue weighted by Gasteiger charge is -2.09. The third-order valence-corrected chi connectivity index (χ3v) is 4.83. The molecule has 0 radical (unpaired) electrons. The molecule has 0 unspecified atom stereocenters. The van der Waals surface area contributed by atoms with E-state index in [1.165, 1.54) is 57.1 Å². The highest BCUT2D eigenvalue weighted by molar-refractivity contribution is 5.94. The van der Waals surface area contributed by atoms with E-state index in [4.69, 9.17) is 4.74 Å². The Labute approximate surface area is 177 Å². The first-order chi connectivity index (χ1) is 14.3. The first-order valence-electron chi connectivity index (χ1n) is 11.0. The van der Waals surface area contributed by atoms with E-state index in [-0.39, 0.29) is 18.5 Å². The van der Waals surface area contributed by atoms with Crippen LogP contribution in [-0.4, -0.2) is 25.0 Å². The number of rotatable bonds is 15. The molecule has 1 amide bonds. The molecular formula is C23H34F3NO3. The van der Waals surface area contributed by atoms with Crippen molar-refractivity contribution in [1.82, 2.24) is 5.32 Å². The van der Waals surface area contributed by atoms with Crippen molar-refractivity contribution in [1.29, 1.82) is 0 Å². The Balaban J connectivity index is 2.06. The van der Waals surface area contributed by atoms with Crippen molar-refractivity contribution in [2.75, 3.05) is 13.2 Å². The summed E-state index contributed by atoms with van der Waals surface area (Å²) in [6.45, 7) is 2.59. The normalized spacial score (nSPS) is 11.3. The van der Waals surface area contributed by atoms with Gasteiger partial charge in [0.25, 0.3) is 5.91 Å². The van der Waals surface area contributed by atoms with Crippen molar-refractivity contribution in [3.63, 3.8) is 0 Å². The fourth-order valence-electron chi connectivity index (χ4n) is 3.06. The van der Waals surface area contributed by atoms with Gasteiger partial charge in [-0.1, -0.05) is 70.8 Å². The van der Waals surface area contributed by atoms with E-state index in [9.17, 15) is 22.8 Å². The Kier molecular flexibility index (Phi) is 12.9. The Morgan fingerprint density at radius 2 is 1.53 bits per heavy atom. The minimum Gasteiger partial charge on any atom is -0.466 e. The zero-order valence-electron chi connectivity index (χ0n) is 17.9. The molecule has 0 spiro atoms. The number of carbonyl (C=O) groups is 2. The Morgan fingerprint density at radius 3 is 2.13 bits per heavy atom. The quantitative estimate of drug-likeness (QED) is 0.263. The maximum absolute atomic E-state index is 12.7. The second kappa shape index (κ2) is 14.9. The highest BCUT2D eigenvalue weighted by Gasteiger charge is 2.30. The molecule has 1 aromatic carbocycles. The second-order valence-electron chi connectivity index (χ2n) is 7.49. The smallest absolute Gasteiger partial charge is 0.416 e. The lowest BCUT2D eigenvalue weighted by Crippen LogP contribution is -2.27. The molecule has 0 saturated carbocycles. The summed E-state index contributed by atoms with van der Waals surface area (Å²) in [7, 11) is 0. The highest BCUT2D eigenvalue weighted by Crippen LogP contribution is 2.29. The van der Waals surface area contributed by atoms with E-state index in [1.54, 1.807) is 0 Å². The molecule has 0 aliphatic carbocycles. The number of nitrogens with one attached hydrogen (secondary N) is 1. The maximum atomic E-state index is 12.7. The van der Waals surface area contributed by atoms with Crippen LogP contribution in [0.3, 0.4) is 0 Å². The van der Waals surface area contributed by atoms with E-state index in [0.29, 0.717) is 6.61 Å². The average molecular weight is 430 g/mol. The van der Waals surface area contributed by atoms with Gasteiger partial charge in [-0.2, -0.15) is 13.2 Å². The molecular weight excluding hydrogens is 395 g/mol. The molecule has 7 heteroatoms. The fraction of sp³-hybridized carbons (Fsp3) is 0.652. The molecule has 0 aliphatic rings. The molecule has 4 nitrogen and oxygen atoms in total. The van der Waals surface area contributed by atoms with Gasteiger partial charge in [-0.3, -0.25) is 9.59 Å². The first-order valence-corrected chi connectivity index (χ1v) is 11.0. The summed E-state index contributed by atoms with van der Waals surface area (Å²) in [5.41, 5.74) is -0.977. The maximum Gasteiger partial charge on any atom is 0.416 e. The summed E-state index contributed by atoms with van der Waals surface area (Å²) in [5, 5.41) is 2.44. The van der Waals surface area contributed by atoms with Gasteiger partial charge in [-0.15, -0.1) is 0 Å². The summed E-state index contributed by atoms with van der Waals surface area (Å²) >= 11 is 0. The monoisotopic (exact) mass is 429 g/mol. The predicted molar refractivity (Wildman–Crippen MR) is 111 cm³/mol. The molecule has 0 aliphatic heterocycles. The number of hydrogen-bond donors (Lipinski definition) is 1. The van der Waals surface area contributed by atoms with E-state index in [2.05, 4.69) is 12.2 Å². The average Bonchev–Trinajstić information content (AvgIpc) is 2.71. The molecule has 1 N–H and O–H groups in total. The summed E-state index contributed by atoms with van der Waals surface area (Å²) in [4.78, 5) is 23.6. The van der Waals surface area contributed by atoms with Crippen LogP contribution in [0.1, 0.15) is 93.5 Å². The van der Waals surface area contributed by atoms with Crippen molar-refractivity contribution >= 4 is 11.9 Å². The fourth-order valence-corrected chi connectivity index (χ4v) is 3.06. The standard InChI is InChI=1S/C23H34F3NO3/c1-2-3-4-5-6-7-8-9-10-11-17-30-21(28)15-16-27-22(29)19-13-12-14-20(18-19)23(24,25)26/h12-14,18H,2-11,15-17H2,1H3,(H,27,29). The molecule has 0 heterocycles. The van der Waals surface area contributed by atoms with Crippen molar-refractivity contribution in [3.05, 3.63) is 35.4 Å². The third-order valence-electron chi connectivity index (χ3n) is 4.83. The predicted octanol–water partition coefficient (Wildman–Crippen LogP) is 6.29. The van der Waals surface area contributed by atoms with Crippen LogP contribution >= 0.6 is 0 Å². The molecule has 0 fully saturated rings. The van der Waals surface area contributed by atoms with Crippen LogP contribution in [0.25, 0.3) is 0 Å². The first kappa shape index (κ1) is 26.0. The Morgan fingerprint density at radius 1 is 0.933 bits per heavy atom. The largest absolute Gasteiger partial charge is 0.466 e. The number of esters is 1. The molecule has 0 saturated heterocycles. The highest BCUT2D eigenvalue weighted by atomic mass is 19.4. The van der Waals surface area contributed by atoms with Crippen LogP contribution in [0.2, 0.25) is 0 Å². The van der Waals surface area contributed by atoms with Gasteiger partial charge in [0.1, 0.15) is 0 Å². The number of ether oxygens (including phenoxy) is 1. The SMILES string of the molecule is CCCCCCCCCCCCOC(=O)CCNC(=O)c1cccc(C(F)(F)F)c1. The topological polar surface area (TPSA) is 55.4 Å². The van der Waals surface area contributed by atoms with Crippen molar-refractivity contribution in [2.24, 2.45) is 0 Å². The Bertz CT molecular complexity index is 632. The summed E-state index contributed by atoms with van der Waals surface area (Å²) in [5.74, 6) is -1.07. The number of amides is 1. The number of benzene rings is 1. The molecule has 1 rings (SSSR count). The van der Waals surface area contributed by atoms with Crippen molar-refractivity contribution in [3.8, 4) is 0 Å². The number of hydrogen-bond acceptors (Lipinski definition) is 3. The van der Waals surface area contributed by atoms with Gasteiger partial charge in [0.05, 0.1) is 18.6 Å². The van der Waals surface area contributed by atoms with Gasteiger partial charge in [0.15, 0.2) is 0 Å². The Hall–Kier alpha value is -2.05. The summed E-state index contributed by atoms with van der Waals surface area (Å²) in [6, 6.07) is 4.17. The van der Waals surface area contributed by atoms with E-state index >= 15 is 0 Å². The number of unbranched alkanes of at least 4 members (excludes halogenated alkanes) is 9. The van der Waals surface area contributed by atoms with Crippen LogP contribution in [0.5, 0.6) is 0 Å². The van der Waals surface area contributed by atoms with Crippen LogP contribution in [0, 0.1) is 0 Å². The van der Waals surface area contributed by atoms with Crippen LogP contribution in [0.4, 0.5) is 13.2 Å². The molecule has 170 valence electrons. The van der Waals surface area contributed by atoms with Gasteiger partial charge in [-0.05, 0) is 24.6 Å². The van der Waals surface area contributed by atoms with Crippen LogP contribution in [-0.2, 0) is 15.7 Å². The second-order valence-corrected chi connectivity index (χ2v) is 7.49. The molecule has 1 aromatic rings. The van der Waals surface area contributed by atoms with E-state index < -0.39 is 23.6 Å². The van der Waals surface area contributed by atoms with Gasteiger partial charge >= 0.3 is 12.1 Å². The summed E-state index contributed by atoms with van der Waals surface area (Å²) in [6.07, 6.45) is 7.45. The van der Waals surface area contributed by atoms with Crippen molar-refractivity contribution in [2.45, 2.75) is 83.7 Å². The minimum atomic E-state index is -4.51. The number of halogens is 3. The van der Waals surface area contributed by atoms with Gasteiger partial charge < -0.3 is 10.1 Å². The third kappa shape index (κ3) is 11.8. The van der Waals surface area contributed by atoms with Gasteiger partial charge in [0, 0.05) is 12.1 Å². The van der Waals surface area contributed by atoms with Crippen LogP contribution < -0.4 is 5.32 Å². The molecule has 30 heavy (non-hydrogen) atoms.